The minimum absolute atomic E-state index is 0.0310. The topological polar surface area (TPSA) is 142 Å². The van der Waals surface area contributed by atoms with Crippen molar-refractivity contribution in [3.8, 4) is 0 Å². The number of ketones is 1. The van der Waals surface area contributed by atoms with Gasteiger partial charge in [0, 0.05) is 35.0 Å². The average molecular weight is 719 g/mol. The Balaban J connectivity index is 1.22. The molecule has 1 aliphatic heterocycles. The highest BCUT2D eigenvalue weighted by Crippen LogP contribution is 2.29. The van der Waals surface area contributed by atoms with E-state index in [4.69, 9.17) is 9.47 Å². The van der Waals surface area contributed by atoms with Gasteiger partial charge in [-0.1, -0.05) is 109 Å². The van der Waals surface area contributed by atoms with Gasteiger partial charge in [-0.2, -0.15) is 11.8 Å². The minimum atomic E-state index is -1.09. The van der Waals surface area contributed by atoms with Crippen LogP contribution in [0.5, 0.6) is 0 Å². The Bertz CT molecular complexity index is 1970. The number of epoxide rings is 1. The van der Waals surface area contributed by atoms with Crippen molar-refractivity contribution < 1.29 is 28.7 Å². The van der Waals surface area contributed by atoms with Crippen molar-refractivity contribution in [1.29, 1.82) is 0 Å². The van der Waals surface area contributed by atoms with Gasteiger partial charge in [0.05, 0.1) is 12.6 Å². The summed E-state index contributed by atoms with van der Waals surface area (Å²) in [5.74, 6) is -0.498. The molecule has 11 heteroatoms. The number of ether oxygens (including phenoxy) is 2. The molecule has 0 spiro atoms. The maximum Gasteiger partial charge on any atom is 0.408 e. The first-order chi connectivity index (χ1) is 25.3. The molecule has 5 aromatic rings. The second kappa shape index (κ2) is 17.2. The van der Waals surface area contributed by atoms with Crippen LogP contribution in [0.25, 0.3) is 10.9 Å². The number of aromatic amines is 1. The van der Waals surface area contributed by atoms with Crippen molar-refractivity contribution in [3.05, 3.63) is 144 Å². The van der Waals surface area contributed by atoms with E-state index in [2.05, 4.69) is 20.9 Å². The molecule has 0 saturated carbocycles. The largest absolute Gasteiger partial charge is 0.445 e. The third-order valence-corrected chi connectivity index (χ3v) is 10.1. The molecule has 6 rings (SSSR count). The van der Waals surface area contributed by atoms with Crippen LogP contribution < -0.4 is 16.0 Å². The van der Waals surface area contributed by atoms with Crippen LogP contribution in [0.4, 0.5) is 4.79 Å². The number of hydrogen-bond acceptors (Lipinski definition) is 7. The summed E-state index contributed by atoms with van der Waals surface area (Å²) in [5.41, 5.74) is 3.46. The van der Waals surface area contributed by atoms with E-state index in [1.807, 2.05) is 121 Å². The lowest BCUT2D eigenvalue weighted by Gasteiger charge is -2.26. The number of hydrogen-bond donors (Lipinski definition) is 4. The molecule has 3 amide bonds. The van der Waals surface area contributed by atoms with Gasteiger partial charge in [-0.15, -0.1) is 0 Å². The van der Waals surface area contributed by atoms with E-state index in [9.17, 15) is 19.2 Å². The highest BCUT2D eigenvalue weighted by Gasteiger charge is 2.50. The van der Waals surface area contributed by atoms with Gasteiger partial charge in [-0.25, -0.2) is 4.79 Å². The van der Waals surface area contributed by atoms with Crippen LogP contribution in [0, 0.1) is 0 Å². The van der Waals surface area contributed by atoms with Gasteiger partial charge in [-0.05, 0) is 41.7 Å². The molecule has 2 heterocycles. The second-order valence-corrected chi connectivity index (χ2v) is 14.0. The molecule has 4 atom stereocenters. The Hall–Kier alpha value is -5.39. The third kappa shape index (κ3) is 9.89. The molecule has 10 nitrogen and oxygen atoms in total. The van der Waals surface area contributed by atoms with E-state index >= 15 is 0 Å². The highest BCUT2D eigenvalue weighted by molar-refractivity contribution is 7.98. The van der Waals surface area contributed by atoms with E-state index in [1.54, 1.807) is 6.92 Å². The molecule has 0 bridgehead atoms. The number of para-hydroxylation sites is 1. The summed E-state index contributed by atoms with van der Waals surface area (Å²) in [6.45, 7) is 2.02. The van der Waals surface area contributed by atoms with Crippen LogP contribution in [0.1, 0.15) is 29.2 Å². The molecule has 268 valence electrons. The zero-order chi connectivity index (χ0) is 36.3. The Morgan fingerprint density at radius 1 is 0.731 bits per heavy atom. The zero-order valence-electron chi connectivity index (χ0n) is 28.9. The number of fused-ring (bicyclic) bond motifs is 1. The number of nitrogens with one attached hydrogen (secondary N) is 4. The lowest BCUT2D eigenvalue weighted by atomic mass is 9.94. The highest BCUT2D eigenvalue weighted by atomic mass is 32.2. The fourth-order valence-corrected chi connectivity index (χ4v) is 6.93. The summed E-state index contributed by atoms with van der Waals surface area (Å²) < 4.78 is 10.9. The van der Waals surface area contributed by atoms with E-state index in [1.165, 1.54) is 11.8 Å². The predicted molar refractivity (Wildman–Crippen MR) is 202 cm³/mol. The molecule has 0 radical (unpaired) electrons. The molecule has 0 aliphatic carbocycles. The second-order valence-electron chi connectivity index (χ2n) is 13.0. The van der Waals surface area contributed by atoms with Crippen LogP contribution in [0.2, 0.25) is 0 Å². The van der Waals surface area contributed by atoms with Crippen molar-refractivity contribution in [2.75, 3.05) is 12.4 Å². The summed E-state index contributed by atoms with van der Waals surface area (Å²) in [4.78, 5) is 58.3. The summed E-state index contributed by atoms with van der Waals surface area (Å²) in [5, 5.41) is 9.50. The fraction of sp³-hybridized carbons (Fsp3) is 0.268. The molecular weight excluding hydrogens is 677 g/mol. The van der Waals surface area contributed by atoms with Crippen molar-refractivity contribution in [1.82, 2.24) is 20.9 Å². The number of rotatable bonds is 17. The van der Waals surface area contributed by atoms with E-state index in [0.29, 0.717) is 5.75 Å². The molecule has 1 aromatic heterocycles. The zero-order valence-corrected chi connectivity index (χ0v) is 29.7. The van der Waals surface area contributed by atoms with Crippen LogP contribution in [-0.4, -0.2) is 64.8 Å². The molecule has 52 heavy (non-hydrogen) atoms. The van der Waals surface area contributed by atoms with Crippen molar-refractivity contribution >= 4 is 46.4 Å². The fourth-order valence-electron chi connectivity index (χ4n) is 5.91. The van der Waals surface area contributed by atoms with Crippen molar-refractivity contribution in [2.24, 2.45) is 0 Å². The van der Waals surface area contributed by atoms with Gasteiger partial charge in [0.25, 0.3) is 0 Å². The van der Waals surface area contributed by atoms with Gasteiger partial charge < -0.3 is 30.4 Å². The van der Waals surface area contributed by atoms with Gasteiger partial charge >= 0.3 is 6.09 Å². The number of benzene rings is 4. The SMILES string of the molecule is C[C@]1(C(=O)[C@H](Cc2ccccc2)NC(=O)[C@H](Cc2c[nH]c3ccccc23)NC(=O)[C@H](CSCc2ccccc2)NC(=O)OCc2ccccc2)CO1. The lowest BCUT2D eigenvalue weighted by Crippen LogP contribution is -2.58. The summed E-state index contributed by atoms with van der Waals surface area (Å²) in [6.07, 6.45) is 1.44. The van der Waals surface area contributed by atoms with Gasteiger partial charge in [0.1, 0.15) is 24.3 Å². The van der Waals surface area contributed by atoms with E-state index in [0.717, 1.165) is 33.2 Å². The number of thioether (sulfide) groups is 1. The van der Waals surface area contributed by atoms with Gasteiger partial charge in [-0.3, -0.25) is 14.4 Å². The van der Waals surface area contributed by atoms with Gasteiger partial charge in [0.15, 0.2) is 5.78 Å². The van der Waals surface area contributed by atoms with Crippen LogP contribution in [0.15, 0.2) is 121 Å². The Morgan fingerprint density at radius 2 is 1.31 bits per heavy atom. The molecule has 1 saturated heterocycles. The molecule has 4 N–H and O–H groups in total. The molecule has 0 unspecified atom stereocenters. The van der Waals surface area contributed by atoms with Crippen molar-refractivity contribution in [3.63, 3.8) is 0 Å². The molecule has 1 fully saturated rings. The lowest BCUT2D eigenvalue weighted by molar-refractivity contribution is -0.133. The summed E-state index contributed by atoms with van der Waals surface area (Å²) in [6, 6.07) is 33.2. The first-order valence-electron chi connectivity index (χ1n) is 17.2. The third-order valence-electron chi connectivity index (χ3n) is 8.96. The number of Topliss-reactive ketones (excluding diaryl/α,β-unsaturated/α-hetero) is 1. The summed E-state index contributed by atoms with van der Waals surface area (Å²) in [7, 11) is 0. The quantitative estimate of drug-likeness (QED) is 0.0930. The van der Waals surface area contributed by atoms with Crippen LogP contribution >= 0.6 is 11.8 Å². The Kier molecular flexibility index (Phi) is 12.1. The molecular formula is C41H42N4O6S. The summed E-state index contributed by atoms with van der Waals surface area (Å²) >= 11 is 1.47. The first-order valence-corrected chi connectivity index (χ1v) is 18.4. The van der Waals surface area contributed by atoms with Crippen LogP contribution in [0.3, 0.4) is 0 Å². The first kappa shape index (κ1) is 36.4. The number of alkyl carbamates (subject to hydrolysis) is 1. The number of amides is 3. The molecule has 4 aromatic carbocycles. The van der Waals surface area contributed by atoms with Gasteiger partial charge in [0.2, 0.25) is 11.8 Å². The number of carbonyl (C=O) groups excluding carboxylic acids is 4. The smallest absolute Gasteiger partial charge is 0.408 e. The Labute approximate surface area is 307 Å². The average Bonchev–Trinajstić information content (AvgIpc) is 3.80. The minimum Gasteiger partial charge on any atom is -0.445 e. The monoisotopic (exact) mass is 718 g/mol. The standard InChI is InChI=1S/C41H42N4O6S/c1-41(27-51-41)37(46)34(21-28-13-5-2-6-14-28)43-38(47)35(22-31-23-42-33-20-12-11-19-32(31)33)44-39(48)36(26-52-25-30-17-9-4-10-18-30)45-40(49)50-24-29-15-7-3-8-16-29/h2-20,23,34-36,42H,21-22,24-27H2,1H3,(H,43,47)(H,44,48)(H,45,49)/t34-,35-,36-,41+/m0/s1. The number of H-pyrrole nitrogens is 1. The Morgan fingerprint density at radius 3 is 1.98 bits per heavy atom. The molecule has 1 aliphatic rings. The van der Waals surface area contributed by atoms with E-state index < -0.39 is 41.6 Å². The maximum absolute atomic E-state index is 14.3. The normalized spacial score (nSPS) is 16.6. The maximum atomic E-state index is 14.3. The number of aromatic nitrogens is 1. The predicted octanol–water partition coefficient (Wildman–Crippen LogP) is 5.51. The van der Waals surface area contributed by atoms with Crippen molar-refractivity contribution in [2.45, 2.75) is 55.9 Å². The van der Waals surface area contributed by atoms with E-state index in [-0.39, 0.29) is 37.6 Å². The van der Waals surface area contributed by atoms with Crippen LogP contribution in [-0.2, 0) is 49.1 Å². The number of carbonyl (C=O) groups is 4.